The molecule has 13 N–H and O–H groups in total. The van der Waals surface area contributed by atoms with Crippen LogP contribution >= 0.6 is 0 Å². The number of nitrogens with two attached hydrogens (primary N) is 2. The molecule has 0 fully saturated rings. The average molecular weight is 1720 g/mol. The Morgan fingerprint density at radius 3 is 0.771 bits per heavy atom. The molecule has 0 radical (unpaired) electrons. The summed E-state index contributed by atoms with van der Waals surface area (Å²) >= 11 is 0. The molecule has 118 heavy (non-hydrogen) atoms. The molecule has 0 rings (SSSR count). The van der Waals surface area contributed by atoms with Gasteiger partial charge >= 0.3 is 50.8 Å². The first kappa shape index (κ1) is 127. The SMILES string of the molecule is C.CCOC(=O)CCCCCN.CCOC(=O)CCCCCNC(=O)CCCO.CCOC(=O)CCCCCNC(=O)CCCOC.COCCCC(=O)NCCCCCC(=O)NCCC[Si](OC)(OC)OC.COCCCC(=O)NCCCCCC(=O)O.COCCCC(=O)NCCCCCC(=O)OC(=O)OC.NCCCCCC(=O)O. The molecule has 0 aliphatic rings. The van der Waals surface area contributed by atoms with Crippen LogP contribution in [0.5, 0.6) is 0 Å². The maximum absolute atomic E-state index is 11.8. The molecule has 0 aromatic rings. The van der Waals surface area contributed by atoms with Crippen LogP contribution in [-0.2, 0) is 113 Å². The van der Waals surface area contributed by atoms with Gasteiger partial charge in [-0.3, -0.25) is 57.5 Å². The number of rotatable bonds is 69. The summed E-state index contributed by atoms with van der Waals surface area (Å²) in [4.78, 5) is 143. The number of methoxy groups -OCH3 is 5. The van der Waals surface area contributed by atoms with E-state index in [4.69, 9.17) is 73.2 Å². The van der Waals surface area contributed by atoms with E-state index >= 15 is 0 Å². The van der Waals surface area contributed by atoms with Crippen molar-refractivity contribution in [3.63, 3.8) is 0 Å². The highest BCUT2D eigenvalue weighted by Crippen LogP contribution is 2.15. The smallest absolute Gasteiger partial charge is 0.481 e. The zero-order valence-electron chi connectivity index (χ0n) is 73.3. The van der Waals surface area contributed by atoms with Crippen molar-refractivity contribution < 1.29 is 134 Å². The monoisotopic (exact) mass is 1720 g/mol. The quantitative estimate of drug-likeness (QED) is 0.00889. The Balaban J connectivity index is -0.000000203. The van der Waals surface area contributed by atoms with Crippen molar-refractivity contribution in [1.29, 1.82) is 0 Å². The molecule has 0 heterocycles. The second-order valence-corrected chi connectivity index (χ2v) is 29.2. The third-order valence-electron chi connectivity index (χ3n) is 15.9. The van der Waals surface area contributed by atoms with Gasteiger partial charge in [0.05, 0.1) is 26.9 Å². The minimum Gasteiger partial charge on any atom is -0.481 e. The van der Waals surface area contributed by atoms with Crippen molar-refractivity contribution >= 4 is 86.2 Å². The number of aliphatic hydroxyl groups is 1. The Morgan fingerprint density at radius 1 is 0.297 bits per heavy atom. The largest absolute Gasteiger partial charge is 0.515 e. The molecule has 6 amide bonds. The van der Waals surface area contributed by atoms with Crippen molar-refractivity contribution in [1.82, 2.24) is 31.9 Å². The molecule has 0 spiro atoms. The fourth-order valence-electron chi connectivity index (χ4n) is 9.46. The number of carbonyl (C=O) groups is 13. The Labute approximate surface area is 707 Å². The molecule has 0 atom stereocenters. The number of hydrogen-bond acceptors (Lipinski definition) is 28. The van der Waals surface area contributed by atoms with E-state index in [0.717, 1.165) is 155 Å². The highest BCUT2D eigenvalue weighted by Gasteiger charge is 2.37. The van der Waals surface area contributed by atoms with Crippen molar-refractivity contribution in [2.75, 3.05) is 162 Å². The molecule has 698 valence electrons. The summed E-state index contributed by atoms with van der Waals surface area (Å²) in [7, 11) is 9.82. The summed E-state index contributed by atoms with van der Waals surface area (Å²) in [6, 6.07) is 0.668. The summed E-state index contributed by atoms with van der Waals surface area (Å²) < 4.78 is 58.4. The third-order valence-corrected chi connectivity index (χ3v) is 18.7. The molecule has 37 heteroatoms. The maximum atomic E-state index is 11.8. The van der Waals surface area contributed by atoms with Gasteiger partial charge in [-0.15, -0.1) is 0 Å². The van der Waals surface area contributed by atoms with Gasteiger partial charge in [0, 0.05) is 205 Å². The van der Waals surface area contributed by atoms with Gasteiger partial charge in [0.25, 0.3) is 0 Å². The zero-order chi connectivity index (χ0) is 89.3. The molecular formula is C81H162N8O28Si. The van der Waals surface area contributed by atoms with Crippen LogP contribution in [0.15, 0.2) is 0 Å². The van der Waals surface area contributed by atoms with E-state index in [2.05, 4.69) is 41.4 Å². The van der Waals surface area contributed by atoms with Crippen LogP contribution in [0.25, 0.3) is 0 Å². The van der Waals surface area contributed by atoms with Gasteiger partial charge in [-0.1, -0.05) is 52.4 Å². The average Bonchev–Trinajstić information content (AvgIpc) is 0.898. The van der Waals surface area contributed by atoms with Crippen LogP contribution < -0.4 is 43.4 Å². The first-order chi connectivity index (χ1) is 56.3. The van der Waals surface area contributed by atoms with E-state index in [1.165, 1.54) is 0 Å². The van der Waals surface area contributed by atoms with Gasteiger partial charge in [0.2, 0.25) is 35.4 Å². The summed E-state index contributed by atoms with van der Waals surface area (Å²) in [6.45, 7) is 14.4. The Morgan fingerprint density at radius 2 is 0.534 bits per heavy atom. The Bertz CT molecular complexity index is 2380. The van der Waals surface area contributed by atoms with Gasteiger partial charge in [-0.25, -0.2) is 4.79 Å². The lowest BCUT2D eigenvalue weighted by atomic mass is 10.2. The van der Waals surface area contributed by atoms with Crippen LogP contribution in [0.4, 0.5) is 4.79 Å². The fraction of sp³-hybridized carbons (Fsp3) is 0.840. The lowest BCUT2D eigenvalue weighted by Crippen LogP contribution is -2.43. The van der Waals surface area contributed by atoms with Gasteiger partial charge in [-0.2, -0.15) is 0 Å². The van der Waals surface area contributed by atoms with Gasteiger partial charge in [0.1, 0.15) is 0 Å². The topological polar surface area (TPSA) is 518 Å². The summed E-state index contributed by atoms with van der Waals surface area (Å²) in [6.07, 6.45) is 26.0. The molecule has 0 aliphatic carbocycles. The third kappa shape index (κ3) is 113. The first-order valence-electron chi connectivity index (χ1n) is 41.7. The molecule has 0 saturated carbocycles. The van der Waals surface area contributed by atoms with Crippen molar-refractivity contribution in [3.8, 4) is 0 Å². The second kappa shape index (κ2) is 104. The molecule has 0 aromatic heterocycles. The highest BCUT2D eigenvalue weighted by molar-refractivity contribution is 6.60. The summed E-state index contributed by atoms with van der Waals surface area (Å²) in [5, 5.41) is 42.1. The minimum atomic E-state index is -2.54. The van der Waals surface area contributed by atoms with Gasteiger partial charge < -0.3 is 115 Å². The van der Waals surface area contributed by atoms with Crippen molar-refractivity contribution in [3.05, 3.63) is 0 Å². The molecule has 36 nitrogen and oxygen atoms in total. The lowest BCUT2D eigenvalue weighted by molar-refractivity contribution is -0.144. The van der Waals surface area contributed by atoms with E-state index < -0.39 is 32.9 Å². The number of carboxylic acids is 2. The van der Waals surface area contributed by atoms with Crippen LogP contribution in [0.2, 0.25) is 6.04 Å². The standard InChI is InChI=1S/C17H36N2O6Si.C13H23NO6.C13H25NO4.C12H23NO4.C11H21NO4.C8H17NO2.C6H13NO2.CH4/c1-22-14-8-11-17(21)18-12-7-5-6-10-16(20)19-13-9-15-26(23-2,24-3)25-4;1-18-10-6-7-11(15)14-9-5-3-4-8-12(16)20-13(17)19-2;1-3-18-13(16)9-5-4-6-10-14-12(15)8-7-11-17-2;1-2-17-12(16)8-4-3-5-9-13-11(15)7-6-10-14;1-16-9-5-6-10(13)12-8-4-2-3-7-11(14)15;1-2-11-8(10)6-4-3-5-7-9;7-5-3-1-2-4-6(8)9;/h5-15H2,1-4H3,(H,18,21)(H,19,20);3-10H2,1-2H3,(H,14,15);3-11H2,1-2H3,(H,14,15);14H,2-10H2,1H3,(H,13,15);2-9H2,1H3,(H,12,13)(H,14,15);2-7,9H2,1H3;1-5,7H2,(H,8,9);1H4. The maximum Gasteiger partial charge on any atom is 0.515 e. The van der Waals surface area contributed by atoms with Crippen LogP contribution in [0.3, 0.4) is 0 Å². The lowest BCUT2D eigenvalue weighted by Gasteiger charge is -2.24. The van der Waals surface area contributed by atoms with Crippen LogP contribution in [-0.4, -0.2) is 264 Å². The number of carboxylic acid groups (broad SMARTS) is 2. The predicted octanol–water partition coefficient (Wildman–Crippen LogP) is 8.99. The van der Waals surface area contributed by atoms with E-state index in [-0.39, 0.29) is 86.6 Å². The molecule has 0 aromatic carbocycles. The van der Waals surface area contributed by atoms with Gasteiger partial charge in [0.15, 0.2) is 0 Å². The number of esters is 4. The normalized spacial score (nSPS) is 10.2. The molecular weight excluding hydrogens is 1560 g/mol. The zero-order valence-corrected chi connectivity index (χ0v) is 74.3. The minimum absolute atomic E-state index is 0. The first-order valence-corrected chi connectivity index (χ1v) is 43.6. The number of hydrogen-bond donors (Lipinski definition) is 11. The number of unbranched alkanes of at least 4 members (excludes halogenated alkanes) is 14. The van der Waals surface area contributed by atoms with Gasteiger partial charge in [-0.05, 0) is 162 Å². The second-order valence-electron chi connectivity index (χ2n) is 26.1. The number of carbonyl (C=O) groups excluding carboxylic acids is 11. The van der Waals surface area contributed by atoms with Crippen LogP contribution in [0, 0.1) is 0 Å². The van der Waals surface area contributed by atoms with E-state index in [0.29, 0.717) is 188 Å². The van der Waals surface area contributed by atoms with E-state index in [1.54, 1.807) is 63.6 Å². The summed E-state index contributed by atoms with van der Waals surface area (Å²) in [5.74, 6) is -2.26. The Kier molecular flexibility index (Phi) is 112. The number of amides is 6. The molecule has 0 aliphatic heterocycles. The highest BCUT2D eigenvalue weighted by atomic mass is 28.4. The fourth-order valence-corrected chi connectivity index (χ4v) is 11.2. The molecule has 0 unspecified atom stereocenters. The summed E-state index contributed by atoms with van der Waals surface area (Å²) in [5.41, 5.74) is 10.5. The molecule has 0 saturated heterocycles. The predicted molar refractivity (Wildman–Crippen MR) is 453 cm³/mol. The number of aliphatic carboxylic acids is 2. The van der Waals surface area contributed by atoms with Crippen LogP contribution in [0.1, 0.15) is 279 Å². The number of ether oxygens (including phenoxy) is 9. The van der Waals surface area contributed by atoms with Crippen molar-refractivity contribution in [2.45, 2.75) is 285 Å². The Hall–Kier alpha value is -7.07. The number of aliphatic hydroxyl groups excluding tert-OH is 1. The van der Waals surface area contributed by atoms with E-state index in [1.807, 2.05) is 6.92 Å². The van der Waals surface area contributed by atoms with E-state index in [9.17, 15) is 62.3 Å². The molecule has 0 bridgehead atoms. The van der Waals surface area contributed by atoms with Crippen molar-refractivity contribution in [2.24, 2.45) is 11.5 Å². The number of nitrogens with one attached hydrogen (secondary N) is 6.